The van der Waals surface area contributed by atoms with Gasteiger partial charge in [-0.1, -0.05) is 6.07 Å². The van der Waals surface area contributed by atoms with Gasteiger partial charge in [0.15, 0.2) is 0 Å². The minimum Gasteiger partial charge on any atom is -0.379 e. The van der Waals surface area contributed by atoms with E-state index in [0.29, 0.717) is 12.1 Å². The molecule has 0 aliphatic carbocycles. The second-order valence-corrected chi connectivity index (χ2v) is 4.93. The SMILES string of the molecule is CNC(=O)c1cccc(NCc2csc(C)n2)c1. The van der Waals surface area contributed by atoms with Crippen LogP contribution in [0.3, 0.4) is 0 Å². The Labute approximate surface area is 110 Å². The van der Waals surface area contributed by atoms with Crippen LogP contribution in [0.5, 0.6) is 0 Å². The molecule has 0 bridgehead atoms. The van der Waals surface area contributed by atoms with Gasteiger partial charge in [0.1, 0.15) is 0 Å². The Bertz CT molecular complexity index is 551. The van der Waals surface area contributed by atoms with Crippen LogP contribution in [0.1, 0.15) is 21.1 Å². The summed E-state index contributed by atoms with van der Waals surface area (Å²) in [6.45, 7) is 2.65. The normalized spacial score (nSPS) is 10.1. The van der Waals surface area contributed by atoms with Gasteiger partial charge in [0, 0.05) is 23.7 Å². The van der Waals surface area contributed by atoms with Crippen LogP contribution in [0, 0.1) is 6.92 Å². The van der Waals surface area contributed by atoms with Gasteiger partial charge < -0.3 is 10.6 Å². The molecule has 4 nitrogen and oxygen atoms in total. The topological polar surface area (TPSA) is 54.0 Å². The molecule has 2 aromatic rings. The number of hydrogen-bond donors (Lipinski definition) is 2. The molecule has 18 heavy (non-hydrogen) atoms. The highest BCUT2D eigenvalue weighted by molar-refractivity contribution is 7.09. The number of rotatable bonds is 4. The third-order valence-electron chi connectivity index (χ3n) is 2.49. The van der Waals surface area contributed by atoms with Crippen molar-refractivity contribution in [3.63, 3.8) is 0 Å². The number of carbonyl (C=O) groups is 1. The zero-order valence-corrected chi connectivity index (χ0v) is 11.2. The number of hydrogen-bond acceptors (Lipinski definition) is 4. The molecule has 1 aromatic carbocycles. The minimum absolute atomic E-state index is 0.0804. The van der Waals surface area contributed by atoms with Gasteiger partial charge in [0.2, 0.25) is 0 Å². The van der Waals surface area contributed by atoms with Gasteiger partial charge in [-0.25, -0.2) is 4.98 Å². The predicted octanol–water partition coefficient (Wildman–Crippen LogP) is 2.42. The first-order valence-corrected chi connectivity index (χ1v) is 6.54. The van der Waals surface area contributed by atoms with E-state index in [4.69, 9.17) is 0 Å². The average molecular weight is 261 g/mol. The lowest BCUT2D eigenvalue weighted by atomic mass is 10.2. The van der Waals surface area contributed by atoms with Gasteiger partial charge in [-0.2, -0.15) is 0 Å². The zero-order valence-electron chi connectivity index (χ0n) is 10.4. The van der Waals surface area contributed by atoms with Crippen LogP contribution < -0.4 is 10.6 Å². The smallest absolute Gasteiger partial charge is 0.251 e. The van der Waals surface area contributed by atoms with Crippen molar-refractivity contribution < 1.29 is 4.79 Å². The molecule has 1 heterocycles. The van der Waals surface area contributed by atoms with Gasteiger partial charge in [0.05, 0.1) is 17.2 Å². The monoisotopic (exact) mass is 261 g/mol. The van der Waals surface area contributed by atoms with E-state index >= 15 is 0 Å². The van der Waals surface area contributed by atoms with E-state index in [9.17, 15) is 4.79 Å². The molecule has 2 rings (SSSR count). The summed E-state index contributed by atoms with van der Waals surface area (Å²) in [6, 6.07) is 7.42. The Morgan fingerprint density at radius 2 is 2.28 bits per heavy atom. The van der Waals surface area contributed by atoms with Crippen molar-refractivity contribution in [2.24, 2.45) is 0 Å². The van der Waals surface area contributed by atoms with E-state index < -0.39 is 0 Å². The maximum atomic E-state index is 11.5. The van der Waals surface area contributed by atoms with Crippen molar-refractivity contribution in [2.45, 2.75) is 13.5 Å². The Balaban J connectivity index is 2.03. The summed E-state index contributed by atoms with van der Waals surface area (Å²) in [4.78, 5) is 15.9. The first-order chi connectivity index (χ1) is 8.69. The number of carbonyl (C=O) groups excluding carboxylic acids is 1. The molecule has 2 N–H and O–H groups in total. The van der Waals surface area contributed by atoms with Crippen molar-refractivity contribution in [1.82, 2.24) is 10.3 Å². The molecule has 1 amide bonds. The fourth-order valence-electron chi connectivity index (χ4n) is 1.60. The third kappa shape index (κ3) is 3.07. The zero-order chi connectivity index (χ0) is 13.0. The first kappa shape index (κ1) is 12.6. The largest absolute Gasteiger partial charge is 0.379 e. The van der Waals surface area contributed by atoms with Crippen molar-refractivity contribution in [3.05, 3.63) is 45.9 Å². The van der Waals surface area contributed by atoms with E-state index in [-0.39, 0.29) is 5.91 Å². The standard InChI is InChI=1S/C13H15N3OS/c1-9-16-12(8-18-9)7-15-11-5-3-4-10(6-11)13(17)14-2/h3-6,8,15H,7H2,1-2H3,(H,14,17). The molecule has 0 saturated carbocycles. The molecular formula is C13H15N3OS. The van der Waals surface area contributed by atoms with Gasteiger partial charge in [-0.15, -0.1) is 11.3 Å². The quantitative estimate of drug-likeness (QED) is 0.888. The summed E-state index contributed by atoms with van der Waals surface area (Å²) in [5.74, 6) is -0.0804. The van der Waals surface area contributed by atoms with E-state index in [0.717, 1.165) is 16.4 Å². The lowest BCUT2D eigenvalue weighted by Crippen LogP contribution is -2.17. The molecule has 0 unspecified atom stereocenters. The van der Waals surface area contributed by atoms with Crippen LogP contribution in [0.25, 0.3) is 0 Å². The fourth-order valence-corrected chi connectivity index (χ4v) is 2.21. The summed E-state index contributed by atoms with van der Waals surface area (Å²) in [5, 5.41) is 8.96. The Kier molecular flexibility index (Phi) is 3.94. The number of anilines is 1. The second-order valence-electron chi connectivity index (χ2n) is 3.87. The molecule has 0 saturated heterocycles. The molecule has 0 fully saturated rings. The van der Waals surface area contributed by atoms with Crippen LogP contribution in [-0.2, 0) is 6.54 Å². The molecule has 0 radical (unpaired) electrons. The predicted molar refractivity (Wildman–Crippen MR) is 74.0 cm³/mol. The highest BCUT2D eigenvalue weighted by Gasteiger charge is 2.04. The summed E-state index contributed by atoms with van der Waals surface area (Å²) >= 11 is 1.64. The summed E-state index contributed by atoms with van der Waals surface area (Å²) in [5.41, 5.74) is 2.58. The number of thiazole rings is 1. The van der Waals surface area contributed by atoms with Crippen LogP contribution in [0.4, 0.5) is 5.69 Å². The van der Waals surface area contributed by atoms with Gasteiger partial charge >= 0.3 is 0 Å². The van der Waals surface area contributed by atoms with Crippen molar-refractivity contribution in [1.29, 1.82) is 0 Å². The lowest BCUT2D eigenvalue weighted by Gasteiger charge is -2.06. The van der Waals surface area contributed by atoms with Gasteiger partial charge in [-0.05, 0) is 25.1 Å². The van der Waals surface area contributed by atoms with Crippen molar-refractivity contribution in [2.75, 3.05) is 12.4 Å². The van der Waals surface area contributed by atoms with Crippen LogP contribution in [-0.4, -0.2) is 17.9 Å². The van der Waals surface area contributed by atoms with Crippen LogP contribution in [0.2, 0.25) is 0 Å². The number of nitrogens with zero attached hydrogens (tertiary/aromatic N) is 1. The Morgan fingerprint density at radius 1 is 1.44 bits per heavy atom. The molecule has 0 atom stereocenters. The molecule has 94 valence electrons. The van der Waals surface area contributed by atoms with E-state index in [1.807, 2.05) is 30.5 Å². The van der Waals surface area contributed by atoms with Crippen LogP contribution in [0.15, 0.2) is 29.6 Å². The average Bonchev–Trinajstić information content (AvgIpc) is 2.81. The second kappa shape index (κ2) is 5.64. The Morgan fingerprint density at radius 3 is 2.94 bits per heavy atom. The molecule has 0 aliphatic rings. The van der Waals surface area contributed by atoms with E-state index in [2.05, 4.69) is 15.6 Å². The van der Waals surface area contributed by atoms with E-state index in [1.54, 1.807) is 24.5 Å². The maximum Gasteiger partial charge on any atom is 0.251 e. The molecule has 0 aliphatic heterocycles. The van der Waals surface area contributed by atoms with Gasteiger partial charge in [-0.3, -0.25) is 4.79 Å². The summed E-state index contributed by atoms with van der Waals surface area (Å²) in [6.07, 6.45) is 0. The number of benzene rings is 1. The van der Waals surface area contributed by atoms with Gasteiger partial charge in [0.25, 0.3) is 5.91 Å². The molecule has 0 spiro atoms. The maximum absolute atomic E-state index is 11.5. The number of amides is 1. The lowest BCUT2D eigenvalue weighted by molar-refractivity contribution is 0.0963. The minimum atomic E-state index is -0.0804. The van der Waals surface area contributed by atoms with Crippen LogP contribution >= 0.6 is 11.3 Å². The molecule has 5 heteroatoms. The summed E-state index contributed by atoms with van der Waals surface area (Å²) in [7, 11) is 1.63. The molecule has 1 aromatic heterocycles. The highest BCUT2D eigenvalue weighted by atomic mass is 32.1. The number of aromatic nitrogens is 1. The van der Waals surface area contributed by atoms with Crippen molar-refractivity contribution >= 4 is 22.9 Å². The Hall–Kier alpha value is -1.88. The first-order valence-electron chi connectivity index (χ1n) is 5.66. The highest BCUT2D eigenvalue weighted by Crippen LogP contribution is 2.13. The number of nitrogens with one attached hydrogen (secondary N) is 2. The third-order valence-corrected chi connectivity index (χ3v) is 3.31. The number of aryl methyl sites for hydroxylation is 1. The summed E-state index contributed by atoms with van der Waals surface area (Å²) < 4.78 is 0. The van der Waals surface area contributed by atoms with E-state index in [1.165, 1.54) is 0 Å². The fraction of sp³-hybridized carbons (Fsp3) is 0.231. The van der Waals surface area contributed by atoms with Crippen molar-refractivity contribution in [3.8, 4) is 0 Å². The molecular weight excluding hydrogens is 246 g/mol.